The van der Waals surface area contributed by atoms with Crippen molar-refractivity contribution in [2.75, 3.05) is 6.54 Å². The summed E-state index contributed by atoms with van der Waals surface area (Å²) in [5.74, 6) is 0.0890. The number of carbonyl (C=O) groups is 1. The van der Waals surface area contributed by atoms with E-state index in [1.54, 1.807) is 20.8 Å². The van der Waals surface area contributed by atoms with Gasteiger partial charge in [-0.3, -0.25) is 0 Å². The molecule has 0 aromatic carbocycles. The van der Waals surface area contributed by atoms with Crippen LogP contribution >= 0.6 is 0 Å². The van der Waals surface area contributed by atoms with Crippen molar-refractivity contribution in [3.05, 3.63) is 0 Å². The number of hydrogen-bond donors (Lipinski definition) is 3. The van der Waals surface area contributed by atoms with E-state index in [0.29, 0.717) is 0 Å². The van der Waals surface area contributed by atoms with E-state index >= 15 is 0 Å². The van der Waals surface area contributed by atoms with Crippen LogP contribution in [0.15, 0.2) is 0 Å². The van der Waals surface area contributed by atoms with Gasteiger partial charge < -0.3 is 20.9 Å². The van der Waals surface area contributed by atoms with Gasteiger partial charge in [-0.25, -0.2) is 4.79 Å². The standard InChI is InChI=1S/C11H24N2O3/c1-7(2)9(8(14)6-12)13-10(15)16-11(3,4)5/h7-9,14H,6,12H2,1-5H3,(H,13,15)/t8-,9+/m1/s1. The van der Waals surface area contributed by atoms with E-state index in [-0.39, 0.29) is 18.5 Å². The quantitative estimate of drug-likeness (QED) is 0.671. The molecule has 96 valence electrons. The van der Waals surface area contributed by atoms with Gasteiger partial charge in [0.05, 0.1) is 12.1 Å². The van der Waals surface area contributed by atoms with Gasteiger partial charge >= 0.3 is 6.09 Å². The molecule has 0 aromatic heterocycles. The summed E-state index contributed by atoms with van der Waals surface area (Å²) < 4.78 is 5.11. The van der Waals surface area contributed by atoms with Crippen LogP contribution < -0.4 is 11.1 Å². The number of ether oxygens (including phenoxy) is 1. The van der Waals surface area contributed by atoms with Crippen molar-refractivity contribution in [3.8, 4) is 0 Å². The highest BCUT2D eigenvalue weighted by atomic mass is 16.6. The zero-order valence-corrected chi connectivity index (χ0v) is 10.8. The summed E-state index contributed by atoms with van der Waals surface area (Å²) in [6, 6.07) is -0.389. The van der Waals surface area contributed by atoms with Gasteiger partial charge in [-0.15, -0.1) is 0 Å². The number of carbonyl (C=O) groups excluding carboxylic acids is 1. The SMILES string of the molecule is CC(C)[C@H](NC(=O)OC(C)(C)C)[C@H](O)CN. The molecule has 0 fully saturated rings. The third-order valence-corrected chi connectivity index (χ3v) is 2.06. The van der Waals surface area contributed by atoms with Crippen LogP contribution in [-0.2, 0) is 4.74 Å². The Bertz CT molecular complexity index is 224. The maximum Gasteiger partial charge on any atom is 0.407 e. The molecule has 0 spiro atoms. The zero-order chi connectivity index (χ0) is 12.9. The Morgan fingerprint density at radius 3 is 2.25 bits per heavy atom. The van der Waals surface area contributed by atoms with E-state index in [0.717, 1.165) is 0 Å². The Labute approximate surface area is 97.3 Å². The fourth-order valence-corrected chi connectivity index (χ4v) is 1.30. The van der Waals surface area contributed by atoms with Crippen molar-refractivity contribution in [2.24, 2.45) is 11.7 Å². The van der Waals surface area contributed by atoms with Gasteiger partial charge in [0, 0.05) is 6.54 Å². The van der Waals surface area contributed by atoms with Gasteiger partial charge in [-0.05, 0) is 26.7 Å². The Kier molecular flexibility index (Phi) is 5.75. The van der Waals surface area contributed by atoms with Crippen molar-refractivity contribution in [1.82, 2.24) is 5.32 Å². The fraction of sp³-hybridized carbons (Fsp3) is 0.909. The first-order chi connectivity index (χ1) is 7.17. The van der Waals surface area contributed by atoms with Gasteiger partial charge in [0.1, 0.15) is 5.60 Å². The molecule has 0 heterocycles. The van der Waals surface area contributed by atoms with Gasteiger partial charge in [0.25, 0.3) is 0 Å². The molecule has 0 aliphatic rings. The minimum absolute atomic E-state index is 0.0890. The molecule has 0 bridgehead atoms. The van der Waals surface area contributed by atoms with Crippen LogP contribution in [0.25, 0.3) is 0 Å². The molecule has 1 amide bonds. The molecule has 0 saturated heterocycles. The lowest BCUT2D eigenvalue weighted by molar-refractivity contribution is 0.0387. The number of aliphatic hydroxyl groups excluding tert-OH is 1. The van der Waals surface area contributed by atoms with Crippen LogP contribution in [-0.4, -0.2) is 35.5 Å². The monoisotopic (exact) mass is 232 g/mol. The highest BCUT2D eigenvalue weighted by Crippen LogP contribution is 2.10. The molecular weight excluding hydrogens is 208 g/mol. The Morgan fingerprint density at radius 2 is 1.94 bits per heavy atom. The van der Waals surface area contributed by atoms with Crippen LogP contribution in [0, 0.1) is 5.92 Å². The first-order valence-corrected chi connectivity index (χ1v) is 5.55. The van der Waals surface area contributed by atoms with E-state index in [4.69, 9.17) is 10.5 Å². The van der Waals surface area contributed by atoms with Gasteiger partial charge in [0.15, 0.2) is 0 Å². The molecule has 5 heteroatoms. The van der Waals surface area contributed by atoms with Crippen molar-refractivity contribution in [2.45, 2.75) is 52.4 Å². The van der Waals surface area contributed by atoms with Gasteiger partial charge in [-0.1, -0.05) is 13.8 Å². The lowest BCUT2D eigenvalue weighted by Crippen LogP contribution is -2.50. The number of alkyl carbamates (subject to hydrolysis) is 1. The molecule has 5 nitrogen and oxygen atoms in total. The summed E-state index contributed by atoms with van der Waals surface area (Å²) >= 11 is 0. The number of nitrogens with two attached hydrogens (primary N) is 1. The zero-order valence-electron chi connectivity index (χ0n) is 10.8. The Balaban J connectivity index is 4.36. The van der Waals surface area contributed by atoms with Gasteiger partial charge in [0.2, 0.25) is 0 Å². The Hall–Kier alpha value is -0.810. The molecule has 0 aliphatic carbocycles. The van der Waals surface area contributed by atoms with Crippen molar-refractivity contribution in [3.63, 3.8) is 0 Å². The van der Waals surface area contributed by atoms with Crippen LogP contribution in [0.4, 0.5) is 4.79 Å². The van der Waals surface area contributed by atoms with Gasteiger partial charge in [-0.2, -0.15) is 0 Å². The first-order valence-electron chi connectivity index (χ1n) is 5.55. The minimum Gasteiger partial charge on any atom is -0.444 e. The third-order valence-electron chi connectivity index (χ3n) is 2.06. The predicted molar refractivity (Wildman–Crippen MR) is 63.1 cm³/mol. The number of nitrogens with one attached hydrogen (secondary N) is 1. The highest BCUT2D eigenvalue weighted by molar-refractivity contribution is 5.68. The molecule has 0 unspecified atom stereocenters. The molecule has 0 aromatic rings. The number of rotatable bonds is 4. The largest absolute Gasteiger partial charge is 0.444 e. The average molecular weight is 232 g/mol. The third kappa shape index (κ3) is 5.92. The van der Waals surface area contributed by atoms with Crippen molar-refractivity contribution in [1.29, 1.82) is 0 Å². The maximum atomic E-state index is 11.5. The van der Waals surface area contributed by atoms with Crippen LogP contribution in [0.2, 0.25) is 0 Å². The summed E-state index contributed by atoms with van der Waals surface area (Å²) in [7, 11) is 0. The Morgan fingerprint density at radius 1 is 1.44 bits per heavy atom. The molecule has 0 radical (unpaired) electrons. The highest BCUT2D eigenvalue weighted by Gasteiger charge is 2.25. The predicted octanol–water partition coefficient (Wildman–Crippen LogP) is 0.855. The van der Waals surface area contributed by atoms with Crippen molar-refractivity contribution < 1.29 is 14.6 Å². The summed E-state index contributed by atoms with van der Waals surface area (Å²) in [5, 5.41) is 12.3. The smallest absolute Gasteiger partial charge is 0.407 e. The molecule has 0 saturated carbocycles. The summed E-state index contributed by atoms with van der Waals surface area (Å²) in [6.45, 7) is 9.28. The van der Waals surface area contributed by atoms with Crippen molar-refractivity contribution >= 4 is 6.09 Å². The molecule has 0 rings (SSSR count). The lowest BCUT2D eigenvalue weighted by atomic mass is 9.99. The number of aliphatic hydroxyl groups is 1. The molecule has 2 atom stereocenters. The molecule has 4 N–H and O–H groups in total. The normalized spacial score (nSPS) is 15.8. The summed E-state index contributed by atoms with van der Waals surface area (Å²) in [4.78, 5) is 11.5. The minimum atomic E-state index is -0.757. The lowest BCUT2D eigenvalue weighted by Gasteiger charge is -2.28. The molecule has 16 heavy (non-hydrogen) atoms. The summed E-state index contributed by atoms with van der Waals surface area (Å²) in [6.07, 6.45) is -1.29. The second-order valence-electron chi connectivity index (χ2n) is 5.22. The topological polar surface area (TPSA) is 84.6 Å². The number of amides is 1. The van der Waals surface area contributed by atoms with Crippen LogP contribution in [0.1, 0.15) is 34.6 Å². The van der Waals surface area contributed by atoms with E-state index in [2.05, 4.69) is 5.32 Å². The maximum absolute atomic E-state index is 11.5. The molecule has 0 aliphatic heterocycles. The number of hydrogen-bond acceptors (Lipinski definition) is 4. The average Bonchev–Trinajstić information content (AvgIpc) is 2.09. The van der Waals surface area contributed by atoms with E-state index < -0.39 is 17.8 Å². The van der Waals surface area contributed by atoms with E-state index in [9.17, 15) is 9.90 Å². The van der Waals surface area contributed by atoms with E-state index in [1.807, 2.05) is 13.8 Å². The second kappa shape index (κ2) is 6.06. The van der Waals surface area contributed by atoms with Crippen LogP contribution in [0.5, 0.6) is 0 Å². The molecular formula is C11H24N2O3. The van der Waals surface area contributed by atoms with E-state index in [1.165, 1.54) is 0 Å². The fourth-order valence-electron chi connectivity index (χ4n) is 1.30. The summed E-state index contributed by atoms with van der Waals surface area (Å²) in [5.41, 5.74) is 4.83. The van der Waals surface area contributed by atoms with Crippen LogP contribution in [0.3, 0.4) is 0 Å². The second-order valence-corrected chi connectivity index (χ2v) is 5.22. The first kappa shape index (κ1) is 15.2.